The maximum Gasteiger partial charge on any atom is 0.243 e. The van der Waals surface area contributed by atoms with Gasteiger partial charge in [-0.1, -0.05) is 72.8 Å². The molecule has 1 heterocycles. The molecule has 0 spiro atoms. The van der Waals surface area contributed by atoms with Crippen LogP contribution in [0.3, 0.4) is 0 Å². The predicted molar refractivity (Wildman–Crippen MR) is 189 cm³/mol. The van der Waals surface area contributed by atoms with E-state index in [0.29, 0.717) is 6.42 Å². The molecular weight excluding hydrogens is 636 g/mol. The highest BCUT2D eigenvalue weighted by Gasteiger charge is 2.32. The van der Waals surface area contributed by atoms with Gasteiger partial charge in [0, 0.05) is 12.8 Å². The molecule has 0 saturated carbocycles. The fourth-order valence-electron chi connectivity index (χ4n) is 5.95. The number of amides is 5. The van der Waals surface area contributed by atoms with Crippen LogP contribution in [-0.4, -0.2) is 64.9 Å². The molecule has 12 nitrogen and oxygen atoms in total. The first-order valence-corrected chi connectivity index (χ1v) is 16.7. The van der Waals surface area contributed by atoms with Crippen molar-refractivity contribution in [3.8, 4) is 5.75 Å². The number of nitrogens with two attached hydrogens (primary N) is 2. The Morgan fingerprint density at radius 3 is 1.88 bits per heavy atom. The van der Waals surface area contributed by atoms with Crippen molar-refractivity contribution in [2.75, 3.05) is 0 Å². The van der Waals surface area contributed by atoms with Crippen molar-refractivity contribution in [2.24, 2.45) is 11.5 Å². The van der Waals surface area contributed by atoms with Crippen LogP contribution in [-0.2, 0) is 43.2 Å². The zero-order valence-electron chi connectivity index (χ0n) is 28.4. The monoisotopic (exact) mass is 682 g/mol. The molecule has 9 N–H and O–H groups in total. The van der Waals surface area contributed by atoms with E-state index in [0.717, 1.165) is 27.8 Å². The third-order valence-electron chi connectivity index (χ3n) is 8.73. The summed E-state index contributed by atoms with van der Waals surface area (Å²) in [6, 6.07) is 16.0. The van der Waals surface area contributed by atoms with Crippen molar-refractivity contribution in [3.63, 3.8) is 0 Å². The number of rotatable bonds is 9. The zero-order chi connectivity index (χ0) is 36.2. The molecule has 12 heteroatoms. The Balaban J connectivity index is 1.63. The molecule has 0 saturated heterocycles. The van der Waals surface area contributed by atoms with Crippen molar-refractivity contribution in [1.29, 1.82) is 0 Å². The minimum Gasteiger partial charge on any atom is -0.508 e. The number of aromatic hydroxyl groups is 1. The van der Waals surface area contributed by atoms with Crippen LogP contribution in [0.4, 0.5) is 0 Å². The maximum absolute atomic E-state index is 14.0. The van der Waals surface area contributed by atoms with E-state index in [1.807, 2.05) is 74.5 Å². The lowest BCUT2D eigenvalue weighted by atomic mass is 9.95. The van der Waals surface area contributed by atoms with E-state index in [4.69, 9.17) is 11.5 Å². The molecule has 1 aliphatic rings. The van der Waals surface area contributed by atoms with Crippen molar-refractivity contribution < 1.29 is 29.1 Å². The van der Waals surface area contributed by atoms with E-state index >= 15 is 0 Å². The van der Waals surface area contributed by atoms with Gasteiger partial charge in [-0.25, -0.2) is 0 Å². The number of carbonyl (C=O) groups is 5. The molecule has 0 aromatic heterocycles. The van der Waals surface area contributed by atoms with Crippen LogP contribution in [0, 0.1) is 13.8 Å². The van der Waals surface area contributed by atoms with Crippen LogP contribution >= 0.6 is 0 Å². The van der Waals surface area contributed by atoms with E-state index in [9.17, 15) is 29.1 Å². The Morgan fingerprint density at radius 1 is 0.820 bits per heavy atom. The highest BCUT2D eigenvalue weighted by atomic mass is 16.3. The molecule has 0 aliphatic carbocycles. The molecule has 0 radical (unpaired) electrons. The van der Waals surface area contributed by atoms with Crippen molar-refractivity contribution >= 4 is 29.5 Å². The van der Waals surface area contributed by atoms with Gasteiger partial charge in [0.05, 0.1) is 6.04 Å². The number of benzene rings is 3. The first-order valence-electron chi connectivity index (χ1n) is 16.7. The Morgan fingerprint density at radius 2 is 1.34 bits per heavy atom. The zero-order valence-corrected chi connectivity index (χ0v) is 28.4. The summed E-state index contributed by atoms with van der Waals surface area (Å²) in [5, 5.41) is 21.0. The van der Waals surface area contributed by atoms with Crippen LogP contribution in [0.2, 0.25) is 0 Å². The standard InChI is InChI=1S/C38H46N6O6/c1-23-18-27(45)19-24(2)28(23)22-29(39)35(47)42-31-17-11-5-10-16-30(34(40)46)41-37(49)32(20-25-12-6-3-7-13-25)44-38(50)33(43-36(31)48)21-26-14-8-4-9-15-26/h3-9,11-15,18-19,29-33,45H,10,16-17,20-22,39H2,1-2H3,(H2,40,46)(H,41,49)(H,42,47)(H,43,48)(H,44,50)/b11-5-/t29-,30-,31+,32-,33-/m0/s1. The number of carbonyl (C=O) groups excluding carboxylic acids is 5. The molecule has 0 unspecified atom stereocenters. The van der Waals surface area contributed by atoms with E-state index in [1.54, 1.807) is 24.3 Å². The summed E-state index contributed by atoms with van der Waals surface area (Å²) in [7, 11) is 0. The largest absolute Gasteiger partial charge is 0.508 e. The van der Waals surface area contributed by atoms with Gasteiger partial charge >= 0.3 is 0 Å². The second-order valence-electron chi connectivity index (χ2n) is 12.7. The number of allylic oxidation sites excluding steroid dienone is 1. The molecule has 0 bridgehead atoms. The number of hydrogen-bond acceptors (Lipinski definition) is 7. The quantitative estimate of drug-likeness (QED) is 0.166. The summed E-state index contributed by atoms with van der Waals surface area (Å²) in [4.78, 5) is 67.1. The van der Waals surface area contributed by atoms with Crippen molar-refractivity contribution in [3.05, 3.63) is 113 Å². The third kappa shape index (κ3) is 10.8. The molecule has 0 fully saturated rings. The summed E-state index contributed by atoms with van der Waals surface area (Å²) < 4.78 is 0. The second kappa shape index (κ2) is 17.8. The minimum atomic E-state index is -1.13. The topological polar surface area (TPSA) is 206 Å². The van der Waals surface area contributed by atoms with Crippen LogP contribution in [0.5, 0.6) is 5.75 Å². The van der Waals surface area contributed by atoms with Crippen LogP contribution in [0.15, 0.2) is 84.9 Å². The molecule has 5 atom stereocenters. The van der Waals surface area contributed by atoms with E-state index in [1.165, 1.54) is 0 Å². The highest BCUT2D eigenvalue weighted by Crippen LogP contribution is 2.22. The lowest BCUT2D eigenvalue weighted by Gasteiger charge is -2.26. The highest BCUT2D eigenvalue weighted by molar-refractivity contribution is 5.96. The maximum atomic E-state index is 14.0. The van der Waals surface area contributed by atoms with Gasteiger partial charge in [0.15, 0.2) is 0 Å². The minimum absolute atomic E-state index is 0.0610. The smallest absolute Gasteiger partial charge is 0.243 e. The van der Waals surface area contributed by atoms with Gasteiger partial charge in [-0.05, 0) is 79.5 Å². The molecule has 3 aromatic rings. The van der Waals surface area contributed by atoms with E-state index in [2.05, 4.69) is 21.3 Å². The Kier molecular flexibility index (Phi) is 13.3. The summed E-state index contributed by atoms with van der Waals surface area (Å²) in [6.45, 7) is 3.64. The van der Waals surface area contributed by atoms with Gasteiger partial charge < -0.3 is 37.8 Å². The summed E-state index contributed by atoms with van der Waals surface area (Å²) in [5.74, 6) is -3.01. The summed E-state index contributed by atoms with van der Waals surface area (Å²) in [5.41, 5.74) is 15.9. The number of hydrogen-bond donors (Lipinski definition) is 7. The first kappa shape index (κ1) is 37.3. The van der Waals surface area contributed by atoms with Gasteiger partial charge in [0.1, 0.15) is 29.9 Å². The Hall–Kier alpha value is -5.49. The van der Waals surface area contributed by atoms with Crippen LogP contribution in [0.25, 0.3) is 0 Å². The fourth-order valence-corrected chi connectivity index (χ4v) is 5.95. The molecule has 4 rings (SSSR count). The van der Waals surface area contributed by atoms with E-state index < -0.39 is 59.7 Å². The first-order chi connectivity index (χ1) is 23.9. The predicted octanol–water partition coefficient (Wildman–Crippen LogP) is 1.53. The molecule has 3 aromatic carbocycles. The number of phenols is 1. The normalized spacial score (nSPS) is 21.7. The lowest BCUT2D eigenvalue weighted by Crippen LogP contribution is -2.59. The average molecular weight is 683 g/mol. The van der Waals surface area contributed by atoms with Gasteiger partial charge in [0.2, 0.25) is 29.5 Å². The molecular formula is C38H46N6O6. The lowest BCUT2D eigenvalue weighted by molar-refractivity contribution is -0.134. The molecule has 264 valence electrons. The average Bonchev–Trinajstić information content (AvgIpc) is 3.08. The number of aryl methyl sites for hydroxylation is 2. The van der Waals surface area contributed by atoms with Crippen molar-refractivity contribution in [1.82, 2.24) is 21.3 Å². The van der Waals surface area contributed by atoms with E-state index in [-0.39, 0.29) is 37.9 Å². The third-order valence-corrected chi connectivity index (χ3v) is 8.73. The second-order valence-corrected chi connectivity index (χ2v) is 12.7. The van der Waals surface area contributed by atoms with Crippen molar-refractivity contribution in [2.45, 2.75) is 82.6 Å². The van der Waals surface area contributed by atoms with Crippen LogP contribution < -0.4 is 32.7 Å². The van der Waals surface area contributed by atoms with Crippen LogP contribution in [0.1, 0.15) is 47.1 Å². The molecule has 5 amide bonds. The van der Waals surface area contributed by atoms with Gasteiger partial charge in [-0.3, -0.25) is 24.0 Å². The SMILES string of the molecule is Cc1cc(O)cc(C)c1C[C@H](N)C(=O)N[C@@H]1C/C=C\CC[C@@H](C(N)=O)NC(=O)[C@H](Cc2ccccc2)NC(=O)[C@H](Cc2ccccc2)NC1=O. The fraction of sp³-hybridized carbons (Fsp3) is 0.342. The number of primary amides is 1. The molecule has 50 heavy (non-hydrogen) atoms. The number of nitrogens with one attached hydrogen (secondary N) is 4. The van der Waals surface area contributed by atoms with Gasteiger partial charge in [-0.2, -0.15) is 0 Å². The number of phenolic OH excluding ortho intramolecular Hbond substituents is 1. The molecule has 1 aliphatic heterocycles. The summed E-state index contributed by atoms with van der Waals surface area (Å²) >= 11 is 0. The van der Waals surface area contributed by atoms with Gasteiger partial charge in [0.25, 0.3) is 0 Å². The Labute approximate surface area is 292 Å². The summed E-state index contributed by atoms with van der Waals surface area (Å²) in [6.07, 6.45) is 4.39. The Bertz CT molecular complexity index is 1670. The van der Waals surface area contributed by atoms with Gasteiger partial charge in [-0.15, -0.1) is 0 Å².